The van der Waals surface area contributed by atoms with Gasteiger partial charge in [-0.25, -0.2) is 0 Å². The molecule has 1 heterocycles. The van der Waals surface area contributed by atoms with E-state index in [2.05, 4.69) is 15.5 Å². The Kier molecular flexibility index (Phi) is 7.45. The Balaban J connectivity index is 1.59. The first-order valence-electron chi connectivity index (χ1n) is 11.6. The molecule has 4 rings (SSSR count). The highest BCUT2D eigenvalue weighted by Crippen LogP contribution is 2.40. The quantitative estimate of drug-likeness (QED) is 0.283. The number of carbonyl (C=O) groups is 1. The van der Waals surface area contributed by atoms with E-state index < -0.39 is 17.8 Å². The molecule has 3 aromatic carbocycles. The van der Waals surface area contributed by atoms with Crippen LogP contribution in [0.25, 0.3) is 34.0 Å². The number of esters is 1. The molecule has 37 heavy (non-hydrogen) atoms. The van der Waals surface area contributed by atoms with Gasteiger partial charge in [-0.05, 0) is 55.2 Å². The Morgan fingerprint density at radius 1 is 0.973 bits per heavy atom. The van der Waals surface area contributed by atoms with Crippen LogP contribution in [0.3, 0.4) is 0 Å². The van der Waals surface area contributed by atoms with Gasteiger partial charge in [-0.3, -0.25) is 10.1 Å². The van der Waals surface area contributed by atoms with Crippen LogP contribution in [-0.4, -0.2) is 29.3 Å². The van der Waals surface area contributed by atoms with Gasteiger partial charge in [-0.1, -0.05) is 59.8 Å². The number of nitrogens with zero attached hydrogens (tertiary/aromatic N) is 2. The summed E-state index contributed by atoms with van der Waals surface area (Å²) in [6, 6.07) is 17.6. The van der Waals surface area contributed by atoms with Crippen LogP contribution in [0.4, 0.5) is 13.2 Å². The molecule has 0 aliphatic carbocycles. The van der Waals surface area contributed by atoms with E-state index in [4.69, 9.17) is 9.26 Å². The van der Waals surface area contributed by atoms with E-state index in [0.29, 0.717) is 11.1 Å². The van der Waals surface area contributed by atoms with Crippen molar-refractivity contribution in [1.82, 2.24) is 15.5 Å². The largest absolute Gasteiger partial charge is 0.468 e. The van der Waals surface area contributed by atoms with Gasteiger partial charge >= 0.3 is 12.1 Å². The molecule has 0 aliphatic rings. The lowest BCUT2D eigenvalue weighted by Gasteiger charge is -2.18. The molecule has 6 nitrogen and oxygen atoms in total. The third-order valence-corrected chi connectivity index (χ3v) is 6.16. The zero-order chi connectivity index (χ0) is 26.7. The monoisotopic (exact) mass is 509 g/mol. The van der Waals surface area contributed by atoms with E-state index in [1.807, 2.05) is 19.1 Å². The number of aryl methyl sites for hydroxylation is 1. The Morgan fingerprint density at radius 3 is 2.30 bits per heavy atom. The normalized spacial score (nSPS) is 13.3. The molecule has 0 fully saturated rings. The minimum Gasteiger partial charge on any atom is -0.468 e. The van der Waals surface area contributed by atoms with Crippen molar-refractivity contribution in [3.8, 4) is 34.0 Å². The fraction of sp³-hybridized carbons (Fsp3) is 0.250. The maximum Gasteiger partial charge on any atom is 0.417 e. The maximum absolute atomic E-state index is 14.0. The van der Waals surface area contributed by atoms with Gasteiger partial charge in [0.05, 0.1) is 12.7 Å². The summed E-state index contributed by atoms with van der Waals surface area (Å²) in [6.07, 6.45) is -4.57. The lowest BCUT2D eigenvalue weighted by Crippen LogP contribution is -2.36. The topological polar surface area (TPSA) is 77.2 Å². The van der Waals surface area contributed by atoms with Crippen LogP contribution in [-0.2, 0) is 15.7 Å². The second-order valence-electron chi connectivity index (χ2n) is 8.75. The number of aromatic nitrogens is 2. The van der Waals surface area contributed by atoms with Crippen molar-refractivity contribution in [2.45, 2.75) is 39.0 Å². The summed E-state index contributed by atoms with van der Waals surface area (Å²) in [5, 5.41) is 7.12. The molecule has 0 radical (unpaired) electrons. The van der Waals surface area contributed by atoms with Gasteiger partial charge in [-0.2, -0.15) is 18.2 Å². The van der Waals surface area contributed by atoms with Crippen molar-refractivity contribution in [3.05, 3.63) is 83.4 Å². The second kappa shape index (κ2) is 10.6. The summed E-state index contributed by atoms with van der Waals surface area (Å²) < 4.78 is 52.0. The number of rotatable bonds is 7. The number of methoxy groups -OCH3 is 1. The molecular weight excluding hydrogens is 483 g/mol. The molecule has 1 unspecified atom stereocenters. The molecule has 0 saturated heterocycles. The van der Waals surface area contributed by atoms with Crippen LogP contribution in [0, 0.1) is 6.92 Å². The molecule has 0 amide bonds. The maximum atomic E-state index is 14.0. The second-order valence-corrected chi connectivity index (χ2v) is 8.75. The fourth-order valence-corrected chi connectivity index (χ4v) is 4.12. The number of ether oxygens (including phenoxy) is 1. The summed E-state index contributed by atoms with van der Waals surface area (Å²) in [5.41, 5.74) is 2.31. The summed E-state index contributed by atoms with van der Waals surface area (Å²) in [5.74, 6) is -0.118. The highest BCUT2D eigenvalue weighted by atomic mass is 19.4. The molecule has 1 aromatic heterocycles. The highest BCUT2D eigenvalue weighted by molar-refractivity contribution is 5.75. The smallest absolute Gasteiger partial charge is 0.417 e. The molecule has 0 bridgehead atoms. The predicted octanol–water partition coefficient (Wildman–Crippen LogP) is 6.61. The average Bonchev–Trinajstić information content (AvgIpc) is 3.38. The first-order chi connectivity index (χ1) is 17.6. The third-order valence-electron chi connectivity index (χ3n) is 6.16. The van der Waals surface area contributed by atoms with Crippen LogP contribution in [0.2, 0.25) is 0 Å². The predicted molar refractivity (Wildman–Crippen MR) is 133 cm³/mol. The fourth-order valence-electron chi connectivity index (χ4n) is 4.12. The van der Waals surface area contributed by atoms with Crippen LogP contribution >= 0.6 is 0 Å². The molecule has 0 spiro atoms. The van der Waals surface area contributed by atoms with E-state index in [1.165, 1.54) is 13.2 Å². The van der Waals surface area contributed by atoms with Gasteiger partial charge in [0.2, 0.25) is 5.82 Å². The van der Waals surface area contributed by atoms with Gasteiger partial charge in [0, 0.05) is 17.2 Å². The molecular formula is C28H26F3N3O3. The van der Waals surface area contributed by atoms with Gasteiger partial charge in [-0.15, -0.1) is 0 Å². The Morgan fingerprint density at radius 2 is 1.65 bits per heavy atom. The minimum absolute atomic E-state index is 0.0113. The number of nitrogens with one attached hydrogen (secondary N) is 1. The molecule has 4 aromatic rings. The number of benzene rings is 3. The van der Waals surface area contributed by atoms with Crippen LogP contribution < -0.4 is 5.32 Å². The SMILES string of the molecule is COC(=O)[C@H](C)NC(C)c1ccc(-c2noc(-c3ccc(-c4ccccc4C)c(C(F)(F)F)c3)n2)cc1. The van der Waals surface area contributed by atoms with Crippen LogP contribution in [0.15, 0.2) is 71.3 Å². The zero-order valence-corrected chi connectivity index (χ0v) is 20.8. The molecule has 9 heteroatoms. The van der Waals surface area contributed by atoms with E-state index in [1.54, 1.807) is 56.3 Å². The standard InChI is InChI=1S/C28H26F3N3O3/c1-16-7-5-6-8-22(16)23-14-13-21(15-24(23)28(29,30)31)26-33-25(34-37-26)20-11-9-19(10-12-20)17(2)32-18(3)27(35)36-4/h5-15,17-18,32H,1-4H3/t17?,18-/m0/s1. The van der Waals surface area contributed by atoms with Crippen molar-refractivity contribution in [3.63, 3.8) is 0 Å². The van der Waals surface area contributed by atoms with Gasteiger partial charge < -0.3 is 9.26 Å². The van der Waals surface area contributed by atoms with Crippen molar-refractivity contribution >= 4 is 5.97 Å². The first-order valence-corrected chi connectivity index (χ1v) is 11.6. The number of hydrogen-bond acceptors (Lipinski definition) is 6. The Hall–Kier alpha value is -3.98. The number of halogens is 3. The average molecular weight is 510 g/mol. The minimum atomic E-state index is -4.57. The van der Waals surface area contributed by atoms with Crippen LogP contribution in [0.1, 0.15) is 36.6 Å². The highest BCUT2D eigenvalue weighted by Gasteiger charge is 2.34. The van der Waals surface area contributed by atoms with Crippen molar-refractivity contribution in [2.75, 3.05) is 7.11 Å². The van der Waals surface area contributed by atoms with Crippen molar-refractivity contribution in [2.24, 2.45) is 0 Å². The number of carbonyl (C=O) groups excluding carboxylic acids is 1. The third kappa shape index (κ3) is 5.72. The van der Waals surface area contributed by atoms with Crippen molar-refractivity contribution in [1.29, 1.82) is 0 Å². The van der Waals surface area contributed by atoms with E-state index >= 15 is 0 Å². The van der Waals surface area contributed by atoms with Gasteiger partial charge in [0.1, 0.15) is 6.04 Å². The summed E-state index contributed by atoms with van der Waals surface area (Å²) >= 11 is 0. The summed E-state index contributed by atoms with van der Waals surface area (Å²) in [7, 11) is 1.33. The first kappa shape index (κ1) is 26.1. The molecule has 192 valence electrons. The van der Waals surface area contributed by atoms with Crippen LogP contribution in [0.5, 0.6) is 0 Å². The molecule has 0 aliphatic heterocycles. The lowest BCUT2D eigenvalue weighted by atomic mass is 9.94. The van der Waals surface area contributed by atoms with E-state index in [9.17, 15) is 18.0 Å². The van der Waals surface area contributed by atoms with Gasteiger partial charge in [0.15, 0.2) is 0 Å². The Bertz CT molecular complexity index is 1400. The summed E-state index contributed by atoms with van der Waals surface area (Å²) in [6.45, 7) is 5.41. The number of hydrogen-bond donors (Lipinski definition) is 1. The number of alkyl halides is 3. The lowest BCUT2D eigenvalue weighted by molar-refractivity contribution is -0.142. The van der Waals surface area contributed by atoms with E-state index in [0.717, 1.165) is 17.2 Å². The summed E-state index contributed by atoms with van der Waals surface area (Å²) in [4.78, 5) is 16.0. The Labute approximate surface area is 212 Å². The molecule has 2 atom stereocenters. The van der Waals surface area contributed by atoms with Crippen molar-refractivity contribution < 1.29 is 27.2 Å². The molecule has 1 N–H and O–H groups in total. The zero-order valence-electron chi connectivity index (χ0n) is 20.8. The van der Waals surface area contributed by atoms with E-state index in [-0.39, 0.29) is 34.9 Å². The molecule has 0 saturated carbocycles. The van der Waals surface area contributed by atoms with Gasteiger partial charge in [0.25, 0.3) is 5.89 Å².